The number of ketones is 1. The fourth-order valence-corrected chi connectivity index (χ4v) is 5.57. The Labute approximate surface area is 201 Å². The van der Waals surface area contributed by atoms with Gasteiger partial charge in [-0.3, -0.25) is 4.79 Å². The molecule has 0 aromatic heterocycles. The van der Waals surface area contributed by atoms with E-state index in [1.807, 2.05) is 68.4 Å². The molecule has 1 saturated carbocycles. The number of Topliss-reactive ketones (excluding diaryl/α,β-unsaturated/α-hetero) is 1. The summed E-state index contributed by atoms with van der Waals surface area (Å²) in [5.74, 6) is 0.696. The molecule has 0 saturated heterocycles. The molecule has 2 aliphatic rings. The molecule has 3 atom stereocenters. The van der Waals surface area contributed by atoms with Crippen LogP contribution < -0.4 is 14.2 Å². The van der Waals surface area contributed by atoms with Crippen LogP contribution in [0.1, 0.15) is 42.9 Å². The summed E-state index contributed by atoms with van der Waals surface area (Å²) in [7, 11) is 0. The van der Waals surface area contributed by atoms with Gasteiger partial charge >= 0.3 is 0 Å². The Bertz CT molecular complexity index is 1190. The number of carbonyl (C=O) groups is 1. The minimum absolute atomic E-state index is 0.148. The normalized spacial score (nSPS) is 25.3. The lowest BCUT2D eigenvalue weighted by molar-refractivity contribution is -0.151. The van der Waals surface area contributed by atoms with Crippen LogP contribution in [0.3, 0.4) is 0 Å². The van der Waals surface area contributed by atoms with Crippen LogP contribution >= 0.6 is 15.9 Å². The van der Waals surface area contributed by atoms with Crippen molar-refractivity contribution in [2.45, 2.75) is 37.4 Å². The number of carbonyl (C=O) groups excluding carboxylic acids is 1. The first kappa shape index (κ1) is 22.0. The van der Waals surface area contributed by atoms with Crippen LogP contribution in [-0.4, -0.2) is 24.1 Å². The number of ether oxygens (including phenoxy) is 3. The predicted octanol–water partition coefficient (Wildman–Crippen LogP) is 5.48. The molecule has 3 aromatic carbocycles. The molecule has 0 amide bonds. The van der Waals surface area contributed by atoms with E-state index >= 15 is 0 Å². The van der Waals surface area contributed by atoms with E-state index in [0.29, 0.717) is 36.0 Å². The van der Waals surface area contributed by atoms with Gasteiger partial charge < -0.3 is 19.3 Å². The summed E-state index contributed by atoms with van der Waals surface area (Å²) in [5.41, 5.74) is -1.22. The van der Waals surface area contributed by atoms with Crippen molar-refractivity contribution >= 4 is 21.7 Å². The smallest absolute Gasteiger partial charge is 0.200 e. The molecule has 1 N–H and O–H groups in total. The minimum atomic E-state index is -1.91. The standard InChI is InChI=1S/C27H25BrO5/c1-3-31-20-14-22(32-4-2)25-23(15-20)33-27(18-10-12-19(28)13-11-18)21(16-24(29)26(25,27)30)17-8-6-5-7-9-17/h5-15,21,30H,3-4,16H2,1-2H3. The molecule has 0 spiro atoms. The molecule has 6 heteroatoms. The summed E-state index contributed by atoms with van der Waals surface area (Å²) in [6.07, 6.45) is 0.148. The van der Waals surface area contributed by atoms with Crippen LogP contribution in [0.4, 0.5) is 0 Å². The maximum absolute atomic E-state index is 13.7. The monoisotopic (exact) mass is 508 g/mol. The van der Waals surface area contributed by atoms with Crippen LogP contribution in [0.5, 0.6) is 17.2 Å². The highest BCUT2D eigenvalue weighted by Gasteiger charge is 2.74. The Morgan fingerprint density at radius 3 is 2.39 bits per heavy atom. The number of aliphatic hydroxyl groups is 1. The molecular weight excluding hydrogens is 484 g/mol. The van der Waals surface area contributed by atoms with E-state index < -0.39 is 17.1 Å². The molecule has 0 bridgehead atoms. The lowest BCUT2D eigenvalue weighted by Gasteiger charge is -2.39. The first-order chi connectivity index (χ1) is 16.0. The van der Waals surface area contributed by atoms with E-state index in [2.05, 4.69) is 15.9 Å². The molecular formula is C27H25BrO5. The Morgan fingerprint density at radius 1 is 1.03 bits per heavy atom. The zero-order valence-electron chi connectivity index (χ0n) is 18.5. The van der Waals surface area contributed by atoms with Gasteiger partial charge in [-0.1, -0.05) is 58.4 Å². The highest BCUT2D eigenvalue weighted by atomic mass is 79.9. The SMILES string of the molecule is CCOc1cc(OCC)c2c(c1)OC1(c3ccc(Br)cc3)C(c3ccccc3)CC(=O)C21O. The second-order valence-corrected chi connectivity index (χ2v) is 9.22. The summed E-state index contributed by atoms with van der Waals surface area (Å²) < 4.78 is 19.3. The number of fused-ring (bicyclic) bond motifs is 3. The van der Waals surface area contributed by atoms with Crippen molar-refractivity contribution in [3.8, 4) is 17.2 Å². The van der Waals surface area contributed by atoms with Crippen molar-refractivity contribution in [1.29, 1.82) is 0 Å². The maximum atomic E-state index is 13.7. The summed E-state index contributed by atoms with van der Waals surface area (Å²) in [5, 5.41) is 12.4. The number of rotatable bonds is 6. The van der Waals surface area contributed by atoms with Gasteiger partial charge in [0, 0.05) is 28.9 Å². The van der Waals surface area contributed by atoms with Gasteiger partial charge in [0.2, 0.25) is 0 Å². The second kappa shape index (κ2) is 8.19. The largest absolute Gasteiger partial charge is 0.494 e. The molecule has 0 radical (unpaired) electrons. The second-order valence-electron chi connectivity index (χ2n) is 8.31. The third kappa shape index (κ3) is 3.11. The van der Waals surface area contributed by atoms with Gasteiger partial charge in [-0.2, -0.15) is 0 Å². The van der Waals surface area contributed by atoms with E-state index in [0.717, 1.165) is 15.6 Å². The van der Waals surface area contributed by atoms with Crippen molar-refractivity contribution in [2.75, 3.05) is 13.2 Å². The number of hydrogen-bond acceptors (Lipinski definition) is 5. The summed E-state index contributed by atoms with van der Waals surface area (Å²) in [6.45, 7) is 4.61. The molecule has 1 heterocycles. The minimum Gasteiger partial charge on any atom is -0.494 e. The van der Waals surface area contributed by atoms with Gasteiger partial charge in [-0.25, -0.2) is 0 Å². The first-order valence-electron chi connectivity index (χ1n) is 11.2. The number of benzene rings is 3. The lowest BCUT2D eigenvalue weighted by atomic mass is 9.71. The summed E-state index contributed by atoms with van der Waals surface area (Å²) in [4.78, 5) is 13.7. The summed E-state index contributed by atoms with van der Waals surface area (Å²) >= 11 is 3.49. The van der Waals surface area contributed by atoms with Crippen molar-refractivity contribution < 1.29 is 24.1 Å². The van der Waals surface area contributed by atoms with Gasteiger partial charge in [0.05, 0.1) is 18.8 Å². The van der Waals surface area contributed by atoms with Crippen molar-refractivity contribution in [1.82, 2.24) is 0 Å². The van der Waals surface area contributed by atoms with E-state index in [-0.39, 0.29) is 12.2 Å². The zero-order chi connectivity index (χ0) is 23.2. The molecule has 5 nitrogen and oxygen atoms in total. The van der Waals surface area contributed by atoms with E-state index in [1.54, 1.807) is 12.1 Å². The fourth-order valence-electron chi connectivity index (χ4n) is 5.31. The molecule has 3 aromatic rings. The molecule has 5 rings (SSSR count). The van der Waals surface area contributed by atoms with Crippen molar-refractivity contribution in [2.24, 2.45) is 0 Å². The lowest BCUT2D eigenvalue weighted by Crippen LogP contribution is -2.50. The van der Waals surface area contributed by atoms with Crippen LogP contribution in [0.25, 0.3) is 0 Å². The number of halogens is 1. The predicted molar refractivity (Wildman–Crippen MR) is 128 cm³/mol. The van der Waals surface area contributed by atoms with Crippen LogP contribution in [0, 0.1) is 0 Å². The quantitative estimate of drug-likeness (QED) is 0.477. The molecule has 170 valence electrons. The average molecular weight is 509 g/mol. The summed E-state index contributed by atoms with van der Waals surface area (Å²) in [6, 6.07) is 20.8. The van der Waals surface area contributed by atoms with E-state index in [4.69, 9.17) is 14.2 Å². The highest BCUT2D eigenvalue weighted by Crippen LogP contribution is 2.67. The van der Waals surface area contributed by atoms with Crippen molar-refractivity contribution in [3.63, 3.8) is 0 Å². The zero-order valence-corrected chi connectivity index (χ0v) is 20.1. The van der Waals surface area contributed by atoms with Crippen LogP contribution in [-0.2, 0) is 16.0 Å². The van der Waals surface area contributed by atoms with E-state index in [9.17, 15) is 9.90 Å². The van der Waals surface area contributed by atoms with Gasteiger partial charge in [0.15, 0.2) is 17.0 Å². The number of hydrogen-bond donors (Lipinski definition) is 1. The third-order valence-corrected chi connectivity index (χ3v) is 7.11. The average Bonchev–Trinajstić information content (AvgIpc) is 3.21. The van der Waals surface area contributed by atoms with Gasteiger partial charge in [0.25, 0.3) is 0 Å². The maximum Gasteiger partial charge on any atom is 0.200 e. The van der Waals surface area contributed by atoms with E-state index in [1.165, 1.54) is 0 Å². The third-order valence-electron chi connectivity index (χ3n) is 6.58. The van der Waals surface area contributed by atoms with Gasteiger partial charge in [-0.05, 0) is 37.1 Å². The molecule has 1 aliphatic carbocycles. The van der Waals surface area contributed by atoms with Crippen LogP contribution in [0.15, 0.2) is 71.2 Å². The highest BCUT2D eigenvalue weighted by molar-refractivity contribution is 9.10. The topological polar surface area (TPSA) is 65.0 Å². The Hall–Kier alpha value is -2.83. The Balaban J connectivity index is 1.80. The molecule has 3 unspecified atom stereocenters. The Morgan fingerprint density at radius 2 is 1.73 bits per heavy atom. The van der Waals surface area contributed by atoms with Crippen molar-refractivity contribution in [3.05, 3.63) is 87.9 Å². The molecule has 33 heavy (non-hydrogen) atoms. The van der Waals surface area contributed by atoms with Crippen LogP contribution in [0.2, 0.25) is 0 Å². The molecule has 1 fully saturated rings. The van der Waals surface area contributed by atoms with Gasteiger partial charge in [0.1, 0.15) is 17.2 Å². The molecule has 1 aliphatic heterocycles. The fraction of sp³-hybridized carbons (Fsp3) is 0.296. The van der Waals surface area contributed by atoms with Gasteiger partial charge in [-0.15, -0.1) is 0 Å². The Kier molecular flexibility index (Phi) is 5.46. The first-order valence-corrected chi connectivity index (χ1v) is 11.9.